The van der Waals surface area contributed by atoms with Gasteiger partial charge in [0.1, 0.15) is 5.75 Å². The number of rotatable bonds is 4. The fourth-order valence-corrected chi connectivity index (χ4v) is 3.65. The molecule has 4 aromatic rings. The predicted octanol–water partition coefficient (Wildman–Crippen LogP) is 4.05. The van der Waals surface area contributed by atoms with E-state index in [0.717, 1.165) is 16.3 Å². The van der Waals surface area contributed by atoms with E-state index >= 15 is 0 Å². The van der Waals surface area contributed by atoms with Crippen molar-refractivity contribution in [3.63, 3.8) is 0 Å². The van der Waals surface area contributed by atoms with E-state index in [4.69, 9.17) is 11.6 Å². The van der Waals surface area contributed by atoms with Gasteiger partial charge in [-0.05, 0) is 35.2 Å². The number of aromatic hydroxyl groups is 1. The predicted molar refractivity (Wildman–Crippen MR) is 117 cm³/mol. The molecule has 150 valence electrons. The summed E-state index contributed by atoms with van der Waals surface area (Å²) >= 11 is 6.25. The number of amides is 1. The first kappa shape index (κ1) is 19.7. The maximum absolute atomic E-state index is 13.4. The molecule has 0 aliphatic heterocycles. The van der Waals surface area contributed by atoms with Crippen LogP contribution in [0, 0.1) is 0 Å². The van der Waals surface area contributed by atoms with Gasteiger partial charge in [-0.2, -0.15) is 0 Å². The second-order valence-corrected chi connectivity index (χ2v) is 7.32. The number of carbonyl (C=O) groups excluding carboxylic acids is 1. The Balaban J connectivity index is 1.89. The van der Waals surface area contributed by atoms with Crippen LogP contribution in [0.15, 0.2) is 71.9 Å². The normalized spacial score (nSPS) is 10.9. The average Bonchev–Trinajstić information content (AvgIpc) is 2.72. The van der Waals surface area contributed by atoms with E-state index in [9.17, 15) is 14.7 Å². The zero-order chi connectivity index (χ0) is 21.3. The van der Waals surface area contributed by atoms with E-state index in [0.29, 0.717) is 16.3 Å². The summed E-state index contributed by atoms with van der Waals surface area (Å²) in [5.74, 6) is -0.293. The van der Waals surface area contributed by atoms with Gasteiger partial charge in [0, 0.05) is 48.0 Å². The van der Waals surface area contributed by atoms with Gasteiger partial charge >= 0.3 is 0 Å². The van der Waals surface area contributed by atoms with Gasteiger partial charge in [0.15, 0.2) is 0 Å². The molecule has 0 fully saturated rings. The number of aromatic nitrogens is 2. The molecule has 0 atom stereocenters. The van der Waals surface area contributed by atoms with Gasteiger partial charge in [0.05, 0.1) is 11.3 Å². The highest BCUT2D eigenvalue weighted by Crippen LogP contribution is 2.31. The summed E-state index contributed by atoms with van der Waals surface area (Å²) in [7, 11) is 0. The molecule has 0 aliphatic carbocycles. The third kappa shape index (κ3) is 3.77. The fraction of sp³-hybridized carbons (Fsp3) is 0.0870. The van der Waals surface area contributed by atoms with Gasteiger partial charge in [0.25, 0.3) is 5.56 Å². The standard InChI is InChI=1S/C23H18ClN3O3/c1-14(28)26-11-15-8-17(24)10-18(9-15)27-7-6-21(29)22(23(27)30)20-13-25-12-16-4-2-3-5-19(16)20/h2-10,12-13,29H,11H2,1H3,(H,26,28). The van der Waals surface area contributed by atoms with E-state index in [1.54, 1.807) is 30.6 Å². The van der Waals surface area contributed by atoms with E-state index in [1.807, 2.05) is 24.3 Å². The average molecular weight is 420 g/mol. The van der Waals surface area contributed by atoms with E-state index < -0.39 is 5.56 Å². The van der Waals surface area contributed by atoms with Gasteiger partial charge in [-0.15, -0.1) is 0 Å². The molecule has 0 unspecified atom stereocenters. The molecule has 2 heterocycles. The summed E-state index contributed by atoms with van der Waals surface area (Å²) in [5, 5.41) is 15.3. The van der Waals surface area contributed by atoms with Gasteiger partial charge < -0.3 is 10.4 Å². The Morgan fingerprint density at radius 2 is 1.97 bits per heavy atom. The van der Waals surface area contributed by atoms with Crippen LogP contribution in [0.2, 0.25) is 5.02 Å². The van der Waals surface area contributed by atoms with Crippen LogP contribution in [0.4, 0.5) is 0 Å². The quantitative estimate of drug-likeness (QED) is 0.522. The molecule has 2 aromatic carbocycles. The van der Waals surface area contributed by atoms with Crippen LogP contribution < -0.4 is 10.9 Å². The Bertz CT molecular complexity index is 1330. The van der Waals surface area contributed by atoms with E-state index in [1.165, 1.54) is 23.8 Å². The molecular formula is C23H18ClN3O3. The van der Waals surface area contributed by atoms with Gasteiger partial charge in [0.2, 0.25) is 5.91 Å². The van der Waals surface area contributed by atoms with Crippen LogP contribution >= 0.6 is 11.6 Å². The number of carbonyl (C=O) groups is 1. The summed E-state index contributed by atoms with van der Waals surface area (Å²) in [6, 6.07) is 14.2. The summed E-state index contributed by atoms with van der Waals surface area (Å²) in [5.41, 5.74) is 1.58. The SMILES string of the molecule is CC(=O)NCc1cc(Cl)cc(-n2ccc(O)c(-c3cncc4ccccc34)c2=O)c1. The maximum Gasteiger partial charge on any atom is 0.266 e. The first-order valence-electron chi connectivity index (χ1n) is 9.26. The highest BCUT2D eigenvalue weighted by molar-refractivity contribution is 6.30. The largest absolute Gasteiger partial charge is 0.507 e. The molecule has 2 aromatic heterocycles. The van der Waals surface area contributed by atoms with Crippen LogP contribution in [0.5, 0.6) is 5.75 Å². The number of nitrogens with one attached hydrogen (secondary N) is 1. The summed E-state index contributed by atoms with van der Waals surface area (Å²) in [6.07, 6.45) is 4.78. The molecule has 1 amide bonds. The first-order valence-corrected chi connectivity index (χ1v) is 9.64. The summed E-state index contributed by atoms with van der Waals surface area (Å²) in [6.45, 7) is 1.72. The van der Waals surface area contributed by atoms with Crippen molar-refractivity contribution in [1.82, 2.24) is 14.9 Å². The van der Waals surface area contributed by atoms with Crippen molar-refractivity contribution >= 4 is 28.3 Å². The lowest BCUT2D eigenvalue weighted by Gasteiger charge is -2.13. The highest BCUT2D eigenvalue weighted by Gasteiger charge is 2.16. The molecule has 6 nitrogen and oxygen atoms in total. The Morgan fingerprint density at radius 3 is 2.77 bits per heavy atom. The van der Waals surface area contributed by atoms with Crippen LogP contribution in [-0.4, -0.2) is 20.6 Å². The van der Waals surface area contributed by atoms with Crippen molar-refractivity contribution in [3.8, 4) is 22.6 Å². The molecule has 30 heavy (non-hydrogen) atoms. The zero-order valence-corrected chi connectivity index (χ0v) is 16.8. The smallest absolute Gasteiger partial charge is 0.266 e. The van der Waals surface area contributed by atoms with Crippen molar-refractivity contribution < 1.29 is 9.90 Å². The minimum Gasteiger partial charge on any atom is -0.507 e. The molecule has 7 heteroatoms. The Morgan fingerprint density at radius 1 is 1.17 bits per heavy atom. The van der Waals surface area contributed by atoms with E-state index in [-0.39, 0.29) is 23.8 Å². The minimum atomic E-state index is -0.402. The van der Waals surface area contributed by atoms with E-state index in [2.05, 4.69) is 10.3 Å². The topological polar surface area (TPSA) is 84.2 Å². The van der Waals surface area contributed by atoms with Crippen molar-refractivity contribution in [2.24, 2.45) is 0 Å². The summed E-state index contributed by atoms with van der Waals surface area (Å²) < 4.78 is 1.42. The maximum atomic E-state index is 13.4. The third-order valence-electron chi connectivity index (χ3n) is 4.77. The number of hydrogen-bond donors (Lipinski definition) is 2. The van der Waals surface area contributed by atoms with Gasteiger partial charge in [-0.25, -0.2) is 0 Å². The monoisotopic (exact) mass is 419 g/mol. The molecule has 0 spiro atoms. The first-order chi connectivity index (χ1) is 14.4. The highest BCUT2D eigenvalue weighted by atomic mass is 35.5. The molecular weight excluding hydrogens is 402 g/mol. The van der Waals surface area contributed by atoms with Crippen LogP contribution in [0.1, 0.15) is 12.5 Å². The molecule has 0 aliphatic rings. The van der Waals surface area contributed by atoms with Crippen molar-refractivity contribution in [2.45, 2.75) is 13.5 Å². The number of halogens is 1. The molecule has 4 rings (SSSR count). The van der Waals surface area contributed by atoms with Crippen molar-refractivity contribution in [2.75, 3.05) is 0 Å². The Hall–Kier alpha value is -3.64. The lowest BCUT2D eigenvalue weighted by Crippen LogP contribution is -2.21. The van der Waals surface area contributed by atoms with Gasteiger partial charge in [-0.1, -0.05) is 35.9 Å². The molecule has 0 saturated carbocycles. The summed E-state index contributed by atoms with van der Waals surface area (Å²) in [4.78, 5) is 28.8. The molecule has 0 saturated heterocycles. The number of nitrogens with zero attached hydrogens (tertiary/aromatic N) is 2. The van der Waals surface area contributed by atoms with Crippen LogP contribution in [0.25, 0.3) is 27.6 Å². The van der Waals surface area contributed by atoms with Crippen LogP contribution in [-0.2, 0) is 11.3 Å². The zero-order valence-electron chi connectivity index (χ0n) is 16.1. The Kier molecular flexibility index (Phi) is 5.25. The number of pyridine rings is 2. The molecule has 0 radical (unpaired) electrons. The fourth-order valence-electron chi connectivity index (χ4n) is 3.40. The second-order valence-electron chi connectivity index (χ2n) is 6.89. The van der Waals surface area contributed by atoms with Crippen molar-refractivity contribution in [3.05, 3.63) is 88.1 Å². The lowest BCUT2D eigenvalue weighted by atomic mass is 10.0. The van der Waals surface area contributed by atoms with Gasteiger partial charge in [-0.3, -0.25) is 19.1 Å². The lowest BCUT2D eigenvalue weighted by molar-refractivity contribution is -0.119. The minimum absolute atomic E-state index is 0.130. The second kappa shape index (κ2) is 8.00. The van der Waals surface area contributed by atoms with Crippen LogP contribution in [0.3, 0.4) is 0 Å². The molecule has 0 bridgehead atoms. The van der Waals surface area contributed by atoms with Crippen molar-refractivity contribution in [1.29, 1.82) is 0 Å². The number of fused-ring (bicyclic) bond motifs is 1. The number of hydrogen-bond acceptors (Lipinski definition) is 4. The Labute approximate surface area is 177 Å². The third-order valence-corrected chi connectivity index (χ3v) is 4.99. The number of benzene rings is 2. The molecule has 2 N–H and O–H groups in total.